The molecule has 0 bridgehead atoms. The van der Waals surface area contributed by atoms with Crippen LogP contribution in [-0.4, -0.2) is 16.5 Å². The van der Waals surface area contributed by atoms with E-state index >= 15 is 0 Å². The highest BCUT2D eigenvalue weighted by Gasteiger charge is 2.26. The Bertz CT molecular complexity index is 526. The van der Waals surface area contributed by atoms with E-state index in [0.29, 0.717) is 12.0 Å². The van der Waals surface area contributed by atoms with Gasteiger partial charge in [-0.15, -0.1) is 12.4 Å². The predicted octanol–water partition coefficient (Wildman–Crippen LogP) is 3.38. The third kappa shape index (κ3) is 5.32. The van der Waals surface area contributed by atoms with Gasteiger partial charge in [0, 0.05) is 12.1 Å². The molecule has 1 aromatic rings. The highest BCUT2D eigenvalue weighted by Crippen LogP contribution is 2.26. The lowest BCUT2D eigenvalue weighted by atomic mass is 10.0. The zero-order valence-electron chi connectivity index (χ0n) is 12.6. The summed E-state index contributed by atoms with van der Waals surface area (Å²) in [5.74, 6) is -0.708. The van der Waals surface area contributed by atoms with Gasteiger partial charge in [0.2, 0.25) is 0 Å². The van der Waals surface area contributed by atoms with Gasteiger partial charge >= 0.3 is 5.97 Å². The van der Waals surface area contributed by atoms with Crippen molar-refractivity contribution in [2.75, 3.05) is 0 Å². The molecule has 1 aromatic carbocycles. The average Bonchev–Trinajstić information content (AvgIpc) is 2.34. The highest BCUT2D eigenvalue weighted by molar-refractivity contribution is 5.94. The number of hydrogen-bond acceptors (Lipinski definition) is 5. The first-order valence-corrected chi connectivity index (χ1v) is 6.43. The summed E-state index contributed by atoms with van der Waals surface area (Å²) in [5.41, 5.74) is 5.44. The molecule has 1 atom stereocenters. The Morgan fingerprint density at radius 3 is 2.43 bits per heavy atom. The molecule has 0 radical (unpaired) electrons. The number of carbonyl (C=O) groups excluding carboxylic acids is 1. The van der Waals surface area contributed by atoms with Gasteiger partial charge < -0.3 is 10.5 Å². The lowest BCUT2D eigenvalue weighted by Crippen LogP contribution is -2.24. The zero-order valence-corrected chi connectivity index (χ0v) is 13.4. The Morgan fingerprint density at radius 2 is 2.00 bits per heavy atom. The van der Waals surface area contributed by atoms with Crippen LogP contribution in [0.1, 0.15) is 56.1 Å². The van der Waals surface area contributed by atoms with Gasteiger partial charge in [0.15, 0.2) is 0 Å². The molecule has 118 valence electrons. The van der Waals surface area contributed by atoms with E-state index in [4.69, 9.17) is 10.5 Å². The number of nitrogens with two attached hydrogens (primary N) is 1. The molecule has 0 fully saturated rings. The average molecular weight is 317 g/mol. The molecule has 6 nitrogen and oxygen atoms in total. The summed E-state index contributed by atoms with van der Waals surface area (Å²) in [4.78, 5) is 22.5. The zero-order chi connectivity index (χ0) is 15.5. The minimum atomic E-state index is -0.708. The van der Waals surface area contributed by atoms with Crippen molar-refractivity contribution in [3.05, 3.63) is 39.4 Å². The summed E-state index contributed by atoms with van der Waals surface area (Å²) in [7, 11) is 0. The van der Waals surface area contributed by atoms with Gasteiger partial charge in [-0.2, -0.15) is 0 Å². The van der Waals surface area contributed by atoms with Gasteiger partial charge in [-0.3, -0.25) is 10.1 Å². The van der Waals surface area contributed by atoms with E-state index in [-0.39, 0.29) is 29.7 Å². The summed E-state index contributed by atoms with van der Waals surface area (Å²) in [5, 5.41) is 11.1. The van der Waals surface area contributed by atoms with Crippen molar-refractivity contribution in [3.63, 3.8) is 0 Å². The van der Waals surface area contributed by atoms with Crippen LogP contribution < -0.4 is 5.73 Å². The molecule has 7 heteroatoms. The van der Waals surface area contributed by atoms with Gasteiger partial charge in [0.25, 0.3) is 5.69 Å². The van der Waals surface area contributed by atoms with Gasteiger partial charge in [-0.05, 0) is 38.8 Å². The van der Waals surface area contributed by atoms with E-state index in [0.717, 1.165) is 0 Å². The van der Waals surface area contributed by atoms with Crippen LogP contribution >= 0.6 is 12.4 Å². The Morgan fingerprint density at radius 1 is 1.43 bits per heavy atom. The molecule has 2 N–H and O–H groups in total. The van der Waals surface area contributed by atoms with E-state index < -0.39 is 16.5 Å². The maximum atomic E-state index is 12.0. The Balaban J connectivity index is 0.00000400. The minimum Gasteiger partial charge on any atom is -0.456 e. The van der Waals surface area contributed by atoms with Crippen molar-refractivity contribution in [1.82, 2.24) is 0 Å². The van der Waals surface area contributed by atoms with E-state index in [9.17, 15) is 14.9 Å². The summed E-state index contributed by atoms with van der Waals surface area (Å²) in [6, 6.07) is 4.08. The molecule has 0 aliphatic carbocycles. The molecule has 0 aliphatic rings. The topological polar surface area (TPSA) is 95.5 Å². The first-order valence-electron chi connectivity index (χ1n) is 6.43. The van der Waals surface area contributed by atoms with Crippen molar-refractivity contribution in [2.24, 2.45) is 5.73 Å². The van der Waals surface area contributed by atoms with E-state index in [1.807, 2.05) is 6.92 Å². The van der Waals surface area contributed by atoms with Crippen LogP contribution in [0.2, 0.25) is 0 Å². The molecule has 1 rings (SSSR count). The van der Waals surface area contributed by atoms with Crippen molar-refractivity contribution in [2.45, 2.75) is 45.8 Å². The van der Waals surface area contributed by atoms with Crippen molar-refractivity contribution in [1.29, 1.82) is 0 Å². The molecule has 0 aliphatic heterocycles. The van der Waals surface area contributed by atoms with Crippen LogP contribution in [0, 0.1) is 10.1 Å². The molecule has 0 aromatic heterocycles. The van der Waals surface area contributed by atoms with Crippen LogP contribution in [0.25, 0.3) is 0 Å². The maximum Gasteiger partial charge on any atom is 0.345 e. The maximum absolute atomic E-state index is 12.0. The second-order valence-electron chi connectivity index (χ2n) is 5.55. The van der Waals surface area contributed by atoms with Gasteiger partial charge in [0.05, 0.1) is 4.92 Å². The number of benzene rings is 1. The lowest BCUT2D eigenvalue weighted by Gasteiger charge is -2.19. The van der Waals surface area contributed by atoms with Crippen LogP contribution in [0.3, 0.4) is 0 Å². The molecule has 21 heavy (non-hydrogen) atoms. The number of esters is 1. The predicted molar refractivity (Wildman–Crippen MR) is 82.7 cm³/mol. The van der Waals surface area contributed by atoms with Crippen LogP contribution in [0.15, 0.2) is 18.2 Å². The molecule has 0 saturated heterocycles. The number of rotatable bonds is 4. The van der Waals surface area contributed by atoms with Crippen LogP contribution in [0.4, 0.5) is 5.69 Å². The SMILES string of the molecule is CC[C@@H](N)c1ccc(C(=O)OC(C)(C)C)c([N+](=O)[O-])c1.Cl. The number of nitrogens with zero attached hydrogens (tertiary/aromatic N) is 1. The Kier molecular flexibility index (Phi) is 6.79. The van der Waals surface area contributed by atoms with Crippen LogP contribution in [0.5, 0.6) is 0 Å². The van der Waals surface area contributed by atoms with Crippen LogP contribution in [-0.2, 0) is 4.74 Å². The van der Waals surface area contributed by atoms with E-state index in [1.165, 1.54) is 12.1 Å². The largest absolute Gasteiger partial charge is 0.456 e. The first-order chi connectivity index (χ1) is 9.15. The number of nitro groups is 1. The second-order valence-corrected chi connectivity index (χ2v) is 5.55. The monoisotopic (exact) mass is 316 g/mol. The van der Waals surface area contributed by atoms with Crippen molar-refractivity contribution in [3.8, 4) is 0 Å². The van der Waals surface area contributed by atoms with Gasteiger partial charge in [-0.25, -0.2) is 4.79 Å². The second kappa shape index (κ2) is 7.38. The summed E-state index contributed by atoms with van der Waals surface area (Å²) in [6.45, 7) is 7.01. The molecule has 0 unspecified atom stereocenters. The van der Waals surface area contributed by atoms with E-state index in [1.54, 1.807) is 26.8 Å². The third-order valence-corrected chi connectivity index (χ3v) is 2.71. The molecular weight excluding hydrogens is 296 g/mol. The number of ether oxygens (including phenoxy) is 1. The van der Waals surface area contributed by atoms with Gasteiger partial charge in [0.1, 0.15) is 11.2 Å². The number of nitro benzene ring substituents is 1. The fourth-order valence-electron chi connectivity index (χ4n) is 1.67. The molecule has 0 heterocycles. The highest BCUT2D eigenvalue weighted by atomic mass is 35.5. The van der Waals surface area contributed by atoms with Crippen molar-refractivity contribution < 1.29 is 14.5 Å². The Labute approximate surface area is 130 Å². The Hall–Kier alpha value is -1.66. The van der Waals surface area contributed by atoms with Gasteiger partial charge in [-0.1, -0.05) is 13.0 Å². The first kappa shape index (κ1) is 19.3. The fourth-order valence-corrected chi connectivity index (χ4v) is 1.67. The molecule has 0 saturated carbocycles. The summed E-state index contributed by atoms with van der Waals surface area (Å²) >= 11 is 0. The fraction of sp³-hybridized carbons (Fsp3) is 0.500. The normalized spacial score (nSPS) is 12.2. The molecule has 0 amide bonds. The van der Waals surface area contributed by atoms with Crippen molar-refractivity contribution >= 4 is 24.1 Å². The van der Waals surface area contributed by atoms with E-state index in [2.05, 4.69) is 0 Å². The standard InChI is InChI=1S/C14H20N2O4.ClH/c1-5-11(15)9-6-7-10(12(8-9)16(18)19)13(17)20-14(2,3)4;/h6-8,11H,5,15H2,1-4H3;1H/t11-;/m1./s1. The smallest absolute Gasteiger partial charge is 0.345 e. The summed E-state index contributed by atoms with van der Waals surface area (Å²) < 4.78 is 5.17. The summed E-state index contributed by atoms with van der Waals surface area (Å²) in [6.07, 6.45) is 0.656. The molecular formula is C14H21ClN2O4. The third-order valence-electron chi connectivity index (χ3n) is 2.71. The number of hydrogen-bond donors (Lipinski definition) is 1. The quantitative estimate of drug-likeness (QED) is 0.522. The number of carbonyl (C=O) groups is 1. The lowest BCUT2D eigenvalue weighted by molar-refractivity contribution is -0.385. The minimum absolute atomic E-state index is 0. The number of halogens is 1. The molecule has 0 spiro atoms.